The Hall–Kier alpha value is -1.79. The van der Waals surface area contributed by atoms with Crippen LogP contribution < -0.4 is 10.2 Å². The van der Waals surface area contributed by atoms with Crippen molar-refractivity contribution in [1.29, 1.82) is 0 Å². The van der Waals surface area contributed by atoms with Crippen LogP contribution in [0.5, 0.6) is 0 Å². The molecule has 2 aliphatic heterocycles. The van der Waals surface area contributed by atoms with E-state index in [-0.39, 0.29) is 6.03 Å². The lowest BCUT2D eigenvalue weighted by atomic mass is 10.2. The summed E-state index contributed by atoms with van der Waals surface area (Å²) in [7, 11) is 2.13. The Labute approximate surface area is 131 Å². The number of aliphatic hydroxyl groups excluding tert-OH is 1. The summed E-state index contributed by atoms with van der Waals surface area (Å²) in [5.41, 5.74) is 1.92. The number of likely N-dealkylation sites (N-methyl/N-ethyl adjacent to an activating group) is 1. The normalized spacial score (nSPS) is 22.9. The molecule has 2 aliphatic rings. The fourth-order valence-corrected chi connectivity index (χ4v) is 3.02. The first kappa shape index (κ1) is 15.1. The van der Waals surface area contributed by atoms with Crippen LogP contribution in [0.1, 0.15) is 6.42 Å². The van der Waals surface area contributed by atoms with Crippen molar-refractivity contribution in [2.24, 2.45) is 0 Å². The van der Waals surface area contributed by atoms with Gasteiger partial charge in [-0.2, -0.15) is 0 Å². The van der Waals surface area contributed by atoms with E-state index < -0.39 is 6.10 Å². The van der Waals surface area contributed by atoms with Crippen LogP contribution in [0.25, 0.3) is 0 Å². The van der Waals surface area contributed by atoms with Crippen LogP contribution in [-0.4, -0.2) is 73.4 Å². The first-order chi connectivity index (χ1) is 10.6. The highest BCUT2D eigenvalue weighted by Crippen LogP contribution is 2.27. The number of rotatable bonds is 2. The van der Waals surface area contributed by atoms with Crippen molar-refractivity contribution < 1.29 is 9.90 Å². The van der Waals surface area contributed by atoms with Gasteiger partial charge in [-0.25, -0.2) is 4.79 Å². The molecule has 0 saturated carbocycles. The first-order valence-corrected chi connectivity index (χ1v) is 7.90. The molecule has 1 aromatic carbocycles. The van der Waals surface area contributed by atoms with Gasteiger partial charge in [-0.15, -0.1) is 0 Å². The van der Waals surface area contributed by atoms with Gasteiger partial charge in [0.15, 0.2) is 0 Å². The average Bonchev–Trinajstić information content (AvgIpc) is 2.95. The van der Waals surface area contributed by atoms with E-state index in [0.29, 0.717) is 19.5 Å². The molecular formula is C16H24N4O2. The van der Waals surface area contributed by atoms with Gasteiger partial charge < -0.3 is 25.1 Å². The minimum absolute atomic E-state index is 0.127. The molecule has 0 bridgehead atoms. The summed E-state index contributed by atoms with van der Waals surface area (Å²) >= 11 is 0. The third kappa shape index (κ3) is 3.34. The number of hydrogen-bond acceptors (Lipinski definition) is 4. The lowest BCUT2D eigenvalue weighted by Gasteiger charge is -2.35. The SMILES string of the molecule is CN1CCN(c2ccccc2NC(=O)N2CC[C@H](O)C2)CC1. The molecule has 2 fully saturated rings. The van der Waals surface area contributed by atoms with E-state index in [1.807, 2.05) is 18.2 Å². The molecule has 120 valence electrons. The Morgan fingerprint density at radius 3 is 2.59 bits per heavy atom. The van der Waals surface area contributed by atoms with Crippen molar-refractivity contribution in [1.82, 2.24) is 9.80 Å². The highest BCUT2D eigenvalue weighted by molar-refractivity contribution is 5.93. The van der Waals surface area contributed by atoms with Gasteiger partial charge in [0.05, 0.1) is 17.5 Å². The standard InChI is InChI=1S/C16H24N4O2/c1-18-8-10-19(11-9-18)15-5-3-2-4-14(15)17-16(22)20-7-6-13(21)12-20/h2-5,13,21H,6-12H2,1H3,(H,17,22)/t13-/m0/s1. The monoisotopic (exact) mass is 304 g/mol. The van der Waals surface area contributed by atoms with E-state index in [4.69, 9.17) is 0 Å². The predicted octanol–water partition coefficient (Wildman–Crippen LogP) is 1.04. The second-order valence-electron chi connectivity index (χ2n) is 6.13. The quantitative estimate of drug-likeness (QED) is 0.857. The maximum absolute atomic E-state index is 12.3. The van der Waals surface area contributed by atoms with Crippen LogP contribution in [0.3, 0.4) is 0 Å². The van der Waals surface area contributed by atoms with Gasteiger partial charge in [-0.3, -0.25) is 0 Å². The number of benzene rings is 1. The number of piperazine rings is 1. The van der Waals surface area contributed by atoms with Gasteiger partial charge in [0.1, 0.15) is 0 Å². The molecule has 6 heteroatoms. The lowest BCUT2D eigenvalue weighted by Crippen LogP contribution is -2.45. The molecule has 2 saturated heterocycles. The molecule has 2 heterocycles. The molecule has 3 rings (SSSR count). The molecule has 0 unspecified atom stereocenters. The number of aliphatic hydroxyl groups is 1. The van der Waals surface area contributed by atoms with Crippen molar-refractivity contribution in [3.05, 3.63) is 24.3 Å². The van der Waals surface area contributed by atoms with Gasteiger partial charge in [0, 0.05) is 39.3 Å². The molecular weight excluding hydrogens is 280 g/mol. The molecule has 6 nitrogen and oxygen atoms in total. The number of urea groups is 1. The fraction of sp³-hybridized carbons (Fsp3) is 0.562. The average molecular weight is 304 g/mol. The fourth-order valence-electron chi connectivity index (χ4n) is 3.02. The Kier molecular flexibility index (Phi) is 4.49. The zero-order chi connectivity index (χ0) is 15.5. The van der Waals surface area contributed by atoms with E-state index in [1.165, 1.54) is 0 Å². The molecule has 1 aromatic rings. The summed E-state index contributed by atoms with van der Waals surface area (Å²) < 4.78 is 0. The van der Waals surface area contributed by atoms with Crippen LogP contribution in [0.4, 0.5) is 16.2 Å². The number of para-hydroxylation sites is 2. The van der Waals surface area contributed by atoms with E-state index in [2.05, 4.69) is 28.2 Å². The van der Waals surface area contributed by atoms with Gasteiger partial charge in [-0.1, -0.05) is 12.1 Å². The van der Waals surface area contributed by atoms with Crippen molar-refractivity contribution >= 4 is 17.4 Å². The molecule has 1 atom stereocenters. The Morgan fingerprint density at radius 2 is 1.91 bits per heavy atom. The van der Waals surface area contributed by atoms with Gasteiger partial charge in [-0.05, 0) is 25.6 Å². The number of β-amino-alcohol motifs (C(OH)–C–C–N with tert-alkyl or cyclic N) is 1. The minimum atomic E-state index is -0.390. The van der Waals surface area contributed by atoms with E-state index in [0.717, 1.165) is 37.6 Å². The molecule has 2 N–H and O–H groups in total. The molecule has 22 heavy (non-hydrogen) atoms. The second-order valence-corrected chi connectivity index (χ2v) is 6.13. The number of amides is 2. The molecule has 0 radical (unpaired) electrons. The van der Waals surface area contributed by atoms with Gasteiger partial charge >= 0.3 is 6.03 Å². The van der Waals surface area contributed by atoms with Crippen LogP contribution in [0.2, 0.25) is 0 Å². The third-order valence-electron chi connectivity index (χ3n) is 4.44. The van der Waals surface area contributed by atoms with Gasteiger partial charge in [0.25, 0.3) is 0 Å². The lowest BCUT2D eigenvalue weighted by molar-refractivity contribution is 0.176. The number of carbonyl (C=O) groups excluding carboxylic acids is 1. The maximum Gasteiger partial charge on any atom is 0.321 e. The van der Waals surface area contributed by atoms with Gasteiger partial charge in [0.2, 0.25) is 0 Å². The summed E-state index contributed by atoms with van der Waals surface area (Å²) in [5.74, 6) is 0. The predicted molar refractivity (Wildman–Crippen MR) is 87.4 cm³/mol. The van der Waals surface area contributed by atoms with Crippen LogP contribution in [0.15, 0.2) is 24.3 Å². The van der Waals surface area contributed by atoms with E-state index >= 15 is 0 Å². The molecule has 2 amide bonds. The topological polar surface area (TPSA) is 59.0 Å². The largest absolute Gasteiger partial charge is 0.391 e. The zero-order valence-corrected chi connectivity index (χ0v) is 13.0. The Balaban J connectivity index is 1.70. The number of nitrogens with zero attached hydrogens (tertiary/aromatic N) is 3. The number of anilines is 2. The van der Waals surface area contributed by atoms with Crippen molar-refractivity contribution in [3.63, 3.8) is 0 Å². The molecule has 0 aromatic heterocycles. The third-order valence-corrected chi connectivity index (χ3v) is 4.44. The van der Waals surface area contributed by atoms with E-state index in [9.17, 15) is 9.90 Å². The summed E-state index contributed by atoms with van der Waals surface area (Å²) in [6.45, 7) is 5.02. The Bertz CT molecular complexity index is 529. The molecule has 0 spiro atoms. The number of likely N-dealkylation sites (tertiary alicyclic amines) is 1. The summed E-state index contributed by atoms with van der Waals surface area (Å²) in [6, 6.07) is 7.81. The smallest absolute Gasteiger partial charge is 0.321 e. The van der Waals surface area contributed by atoms with Crippen molar-refractivity contribution in [2.45, 2.75) is 12.5 Å². The van der Waals surface area contributed by atoms with Crippen molar-refractivity contribution in [2.75, 3.05) is 56.5 Å². The molecule has 0 aliphatic carbocycles. The van der Waals surface area contributed by atoms with Crippen LogP contribution in [0, 0.1) is 0 Å². The highest BCUT2D eigenvalue weighted by Gasteiger charge is 2.25. The number of carbonyl (C=O) groups is 1. The zero-order valence-electron chi connectivity index (χ0n) is 13.0. The number of hydrogen-bond donors (Lipinski definition) is 2. The minimum Gasteiger partial charge on any atom is -0.391 e. The van der Waals surface area contributed by atoms with Crippen LogP contribution in [-0.2, 0) is 0 Å². The summed E-state index contributed by atoms with van der Waals surface area (Å²) in [4.78, 5) is 18.6. The maximum atomic E-state index is 12.3. The van der Waals surface area contributed by atoms with Crippen LogP contribution >= 0.6 is 0 Å². The number of nitrogens with one attached hydrogen (secondary N) is 1. The Morgan fingerprint density at radius 1 is 1.18 bits per heavy atom. The second kappa shape index (κ2) is 6.54. The summed E-state index contributed by atoms with van der Waals surface area (Å²) in [6.07, 6.45) is 0.270. The van der Waals surface area contributed by atoms with E-state index in [1.54, 1.807) is 4.90 Å². The first-order valence-electron chi connectivity index (χ1n) is 7.90. The summed E-state index contributed by atoms with van der Waals surface area (Å²) in [5, 5.41) is 12.6. The highest BCUT2D eigenvalue weighted by atomic mass is 16.3. The van der Waals surface area contributed by atoms with Crippen molar-refractivity contribution in [3.8, 4) is 0 Å².